The van der Waals surface area contributed by atoms with Gasteiger partial charge in [0.1, 0.15) is 0 Å². The number of rotatable bonds is 3. The molecule has 0 spiro atoms. The largest absolute Gasteiger partial charge is 0.374 e. The minimum Gasteiger partial charge on any atom is -0.374 e. The molecule has 6 heteroatoms. The quantitative estimate of drug-likeness (QED) is 0.736. The molecule has 0 saturated carbocycles. The molecule has 3 aromatic rings. The Morgan fingerprint density at radius 3 is 3.04 bits per heavy atom. The molecule has 0 unspecified atom stereocenters. The van der Waals surface area contributed by atoms with Crippen molar-refractivity contribution < 1.29 is 9.53 Å². The molecule has 0 N–H and O–H groups in total. The lowest BCUT2D eigenvalue weighted by Gasteiger charge is -2.24. The molecule has 1 saturated heterocycles. The van der Waals surface area contributed by atoms with Crippen molar-refractivity contribution in [3.63, 3.8) is 0 Å². The summed E-state index contributed by atoms with van der Waals surface area (Å²) >= 11 is 0. The summed E-state index contributed by atoms with van der Waals surface area (Å²) in [4.78, 5) is 15.1. The van der Waals surface area contributed by atoms with Crippen LogP contribution in [0.15, 0.2) is 48.9 Å². The Labute approximate surface area is 146 Å². The Balaban J connectivity index is 1.57. The van der Waals surface area contributed by atoms with E-state index in [-0.39, 0.29) is 12.0 Å². The average Bonchev–Trinajstić information content (AvgIpc) is 3.17. The Kier molecular flexibility index (Phi) is 4.28. The van der Waals surface area contributed by atoms with Crippen molar-refractivity contribution in [3.8, 4) is 0 Å². The van der Waals surface area contributed by atoms with E-state index in [1.807, 2.05) is 63.9 Å². The third-order valence-electron chi connectivity index (χ3n) is 4.71. The van der Waals surface area contributed by atoms with Gasteiger partial charge in [-0.3, -0.25) is 9.48 Å². The molecule has 0 bridgehead atoms. The molecule has 3 heterocycles. The SMILES string of the molecule is Cn1cc(C(=O)N2CCCO[C@@H](Cn3cccn3)C2)c2ccccc21. The number of amides is 1. The lowest BCUT2D eigenvalue weighted by molar-refractivity contribution is 0.0368. The summed E-state index contributed by atoms with van der Waals surface area (Å²) < 4.78 is 9.80. The van der Waals surface area contributed by atoms with Gasteiger partial charge in [-0.2, -0.15) is 5.10 Å². The lowest BCUT2D eigenvalue weighted by Crippen LogP contribution is -2.38. The highest BCUT2D eigenvalue weighted by Crippen LogP contribution is 2.22. The van der Waals surface area contributed by atoms with Gasteiger partial charge in [-0.25, -0.2) is 0 Å². The first kappa shape index (κ1) is 15.9. The van der Waals surface area contributed by atoms with Crippen LogP contribution in [0.25, 0.3) is 10.9 Å². The molecule has 25 heavy (non-hydrogen) atoms. The van der Waals surface area contributed by atoms with Crippen LogP contribution in [0.1, 0.15) is 16.8 Å². The first-order valence-electron chi connectivity index (χ1n) is 8.65. The van der Waals surface area contributed by atoms with Crippen molar-refractivity contribution in [2.24, 2.45) is 7.05 Å². The molecular weight excluding hydrogens is 316 g/mol. The van der Waals surface area contributed by atoms with Crippen molar-refractivity contribution in [1.29, 1.82) is 0 Å². The zero-order chi connectivity index (χ0) is 17.2. The first-order chi connectivity index (χ1) is 12.2. The Morgan fingerprint density at radius 2 is 2.20 bits per heavy atom. The van der Waals surface area contributed by atoms with Gasteiger partial charge in [0.15, 0.2) is 0 Å². The van der Waals surface area contributed by atoms with E-state index in [4.69, 9.17) is 4.74 Å². The van der Waals surface area contributed by atoms with Crippen molar-refractivity contribution >= 4 is 16.8 Å². The topological polar surface area (TPSA) is 52.3 Å². The number of nitrogens with zero attached hydrogens (tertiary/aromatic N) is 4. The van der Waals surface area contributed by atoms with Gasteiger partial charge in [0, 0.05) is 56.2 Å². The van der Waals surface area contributed by atoms with Gasteiger partial charge in [0.05, 0.1) is 18.2 Å². The molecule has 1 fully saturated rings. The summed E-state index contributed by atoms with van der Waals surface area (Å²) in [6, 6.07) is 9.92. The smallest absolute Gasteiger partial charge is 0.256 e. The second kappa shape index (κ2) is 6.72. The summed E-state index contributed by atoms with van der Waals surface area (Å²) in [5, 5.41) is 5.25. The van der Waals surface area contributed by atoms with Gasteiger partial charge < -0.3 is 14.2 Å². The van der Waals surface area contributed by atoms with E-state index in [1.165, 1.54) is 0 Å². The number of ether oxygens (including phenoxy) is 1. The number of carbonyl (C=O) groups is 1. The van der Waals surface area contributed by atoms with Crippen LogP contribution < -0.4 is 0 Å². The van der Waals surface area contributed by atoms with Crippen LogP contribution in [-0.4, -0.2) is 51.0 Å². The molecule has 6 nitrogen and oxygen atoms in total. The molecule has 130 valence electrons. The van der Waals surface area contributed by atoms with Gasteiger partial charge in [-0.05, 0) is 18.6 Å². The van der Waals surface area contributed by atoms with Gasteiger partial charge in [0.25, 0.3) is 5.91 Å². The number of benzene rings is 1. The van der Waals surface area contributed by atoms with E-state index < -0.39 is 0 Å². The van der Waals surface area contributed by atoms with E-state index >= 15 is 0 Å². The highest BCUT2D eigenvalue weighted by atomic mass is 16.5. The van der Waals surface area contributed by atoms with Gasteiger partial charge in [-0.1, -0.05) is 18.2 Å². The highest BCUT2D eigenvalue weighted by molar-refractivity contribution is 6.07. The molecule has 0 aliphatic carbocycles. The standard InChI is InChI=1S/C19H22N4O2/c1-21-14-17(16-6-2-3-7-18(16)21)19(24)22-9-5-11-25-15(12-22)13-23-10-4-8-20-23/h2-4,6-8,10,14-15H,5,9,11-13H2,1H3/t15-/m1/s1. The maximum atomic E-state index is 13.2. The molecule has 2 aromatic heterocycles. The molecule has 1 aliphatic rings. The molecule has 0 radical (unpaired) electrons. The molecular formula is C19H22N4O2. The van der Waals surface area contributed by atoms with Crippen LogP contribution in [0, 0.1) is 0 Å². The maximum Gasteiger partial charge on any atom is 0.256 e. The maximum absolute atomic E-state index is 13.2. The Hall–Kier alpha value is -2.60. The van der Waals surface area contributed by atoms with E-state index in [2.05, 4.69) is 5.10 Å². The normalized spacial score (nSPS) is 18.4. The van der Waals surface area contributed by atoms with Crippen LogP contribution in [0.3, 0.4) is 0 Å². The second-order valence-corrected chi connectivity index (χ2v) is 6.50. The first-order valence-corrected chi connectivity index (χ1v) is 8.65. The number of para-hydroxylation sites is 1. The van der Waals surface area contributed by atoms with E-state index in [9.17, 15) is 4.79 Å². The number of aryl methyl sites for hydroxylation is 1. The number of carbonyl (C=O) groups excluding carboxylic acids is 1. The summed E-state index contributed by atoms with van der Waals surface area (Å²) in [6.45, 7) is 2.64. The summed E-state index contributed by atoms with van der Waals surface area (Å²) in [5.74, 6) is 0.0766. The summed E-state index contributed by atoms with van der Waals surface area (Å²) in [6.07, 6.45) is 6.43. The number of aromatic nitrogens is 3. The fraction of sp³-hybridized carbons (Fsp3) is 0.368. The number of fused-ring (bicyclic) bond motifs is 1. The highest BCUT2D eigenvalue weighted by Gasteiger charge is 2.25. The molecule has 1 atom stereocenters. The van der Waals surface area contributed by atoms with E-state index in [0.717, 1.165) is 29.4 Å². The summed E-state index contributed by atoms with van der Waals surface area (Å²) in [7, 11) is 1.98. The zero-order valence-corrected chi connectivity index (χ0v) is 14.3. The zero-order valence-electron chi connectivity index (χ0n) is 14.3. The fourth-order valence-corrected chi connectivity index (χ4v) is 3.49. The third-order valence-corrected chi connectivity index (χ3v) is 4.71. The minimum absolute atomic E-state index is 0.0404. The Morgan fingerprint density at radius 1 is 1.32 bits per heavy atom. The van der Waals surface area contributed by atoms with Crippen molar-refractivity contribution in [2.45, 2.75) is 19.1 Å². The van der Waals surface area contributed by atoms with Gasteiger partial charge in [-0.15, -0.1) is 0 Å². The number of hydrogen-bond acceptors (Lipinski definition) is 3. The van der Waals surface area contributed by atoms with E-state index in [1.54, 1.807) is 6.20 Å². The van der Waals surface area contributed by atoms with Crippen molar-refractivity contribution in [1.82, 2.24) is 19.2 Å². The average molecular weight is 338 g/mol. The monoisotopic (exact) mass is 338 g/mol. The third kappa shape index (κ3) is 3.17. The molecule has 1 amide bonds. The van der Waals surface area contributed by atoms with E-state index in [0.29, 0.717) is 19.7 Å². The lowest BCUT2D eigenvalue weighted by atomic mass is 10.1. The minimum atomic E-state index is -0.0404. The van der Waals surface area contributed by atoms with Crippen molar-refractivity contribution in [2.75, 3.05) is 19.7 Å². The number of hydrogen-bond donors (Lipinski definition) is 0. The molecule has 1 aliphatic heterocycles. The molecule has 4 rings (SSSR count). The van der Waals surface area contributed by atoms with Crippen LogP contribution in [-0.2, 0) is 18.3 Å². The van der Waals surface area contributed by atoms with Gasteiger partial charge in [0.2, 0.25) is 0 Å². The molecule has 1 aromatic carbocycles. The van der Waals surface area contributed by atoms with Gasteiger partial charge >= 0.3 is 0 Å². The Bertz CT molecular complexity index is 869. The van der Waals surface area contributed by atoms with Crippen LogP contribution >= 0.6 is 0 Å². The van der Waals surface area contributed by atoms with Crippen LogP contribution in [0.4, 0.5) is 0 Å². The predicted molar refractivity (Wildman–Crippen MR) is 95.4 cm³/mol. The van der Waals surface area contributed by atoms with Crippen LogP contribution in [0.5, 0.6) is 0 Å². The second-order valence-electron chi connectivity index (χ2n) is 6.50. The fourth-order valence-electron chi connectivity index (χ4n) is 3.49. The van der Waals surface area contributed by atoms with Crippen LogP contribution in [0.2, 0.25) is 0 Å². The predicted octanol–water partition coefficient (Wildman–Crippen LogP) is 2.31. The summed E-state index contributed by atoms with van der Waals surface area (Å²) in [5.41, 5.74) is 1.84. The van der Waals surface area contributed by atoms with Crippen molar-refractivity contribution in [3.05, 3.63) is 54.5 Å².